The number of aliphatic carboxylic acids is 1. The average Bonchev–Trinajstić information content (AvgIpc) is 2.35. The summed E-state index contributed by atoms with van der Waals surface area (Å²) in [6.07, 6.45) is 2.66. The molecule has 0 unspecified atom stereocenters. The molecule has 0 atom stereocenters. The smallest absolute Gasteiger partial charge is 0.317 e. The maximum absolute atomic E-state index is 12.2. The summed E-state index contributed by atoms with van der Waals surface area (Å²) in [6.45, 7) is 4.41. The van der Waals surface area contributed by atoms with E-state index in [2.05, 4.69) is 5.32 Å². The molecule has 0 bridgehead atoms. The molecular formula is C13H24N2O3S. The van der Waals surface area contributed by atoms with Crippen LogP contribution in [0.25, 0.3) is 0 Å². The van der Waals surface area contributed by atoms with Gasteiger partial charge >= 0.3 is 12.0 Å². The van der Waals surface area contributed by atoms with Gasteiger partial charge in [0, 0.05) is 25.0 Å². The first-order valence-corrected chi connectivity index (χ1v) is 8.03. The minimum absolute atomic E-state index is 0.0581. The zero-order valence-corrected chi connectivity index (χ0v) is 12.5. The van der Waals surface area contributed by atoms with Crippen LogP contribution in [0.2, 0.25) is 0 Å². The van der Waals surface area contributed by atoms with Gasteiger partial charge in [0.05, 0.1) is 0 Å². The molecule has 1 rings (SSSR count). The minimum atomic E-state index is -0.812. The summed E-state index contributed by atoms with van der Waals surface area (Å²) >= 11 is 1.93. The number of thioether (sulfide) groups is 1. The van der Waals surface area contributed by atoms with Crippen LogP contribution in [0.15, 0.2) is 0 Å². The van der Waals surface area contributed by atoms with Gasteiger partial charge in [-0.25, -0.2) is 4.79 Å². The molecule has 1 fully saturated rings. The van der Waals surface area contributed by atoms with Gasteiger partial charge in [-0.15, -0.1) is 0 Å². The van der Waals surface area contributed by atoms with Crippen molar-refractivity contribution >= 4 is 23.8 Å². The number of hydrogen-bond acceptors (Lipinski definition) is 3. The third kappa shape index (κ3) is 6.18. The average molecular weight is 288 g/mol. The second-order valence-electron chi connectivity index (χ2n) is 5.12. The summed E-state index contributed by atoms with van der Waals surface area (Å²) in [6, 6.07) is 0.304. The molecule has 19 heavy (non-hydrogen) atoms. The molecule has 1 heterocycles. The van der Waals surface area contributed by atoms with Crippen LogP contribution in [0.3, 0.4) is 0 Å². The zero-order valence-electron chi connectivity index (χ0n) is 11.7. The predicted molar refractivity (Wildman–Crippen MR) is 77.6 cm³/mol. The van der Waals surface area contributed by atoms with Crippen molar-refractivity contribution in [2.75, 3.05) is 18.1 Å². The van der Waals surface area contributed by atoms with Crippen LogP contribution in [-0.4, -0.2) is 52.1 Å². The number of carbonyl (C=O) groups is 2. The Hall–Kier alpha value is -0.910. The van der Waals surface area contributed by atoms with Gasteiger partial charge in [0.25, 0.3) is 0 Å². The van der Waals surface area contributed by atoms with E-state index < -0.39 is 5.97 Å². The van der Waals surface area contributed by atoms with Gasteiger partial charge in [-0.3, -0.25) is 4.79 Å². The highest BCUT2D eigenvalue weighted by Gasteiger charge is 2.21. The molecular weight excluding hydrogens is 264 g/mol. The third-order valence-corrected chi connectivity index (χ3v) is 4.27. The van der Waals surface area contributed by atoms with E-state index in [4.69, 9.17) is 5.11 Å². The fourth-order valence-electron chi connectivity index (χ4n) is 2.09. The topological polar surface area (TPSA) is 69.6 Å². The normalized spacial score (nSPS) is 16.4. The van der Waals surface area contributed by atoms with Gasteiger partial charge in [-0.05, 0) is 44.6 Å². The Morgan fingerprint density at radius 1 is 1.37 bits per heavy atom. The number of rotatable bonds is 6. The number of hydrogen-bond donors (Lipinski definition) is 2. The fourth-order valence-corrected chi connectivity index (χ4v) is 3.20. The highest BCUT2D eigenvalue weighted by molar-refractivity contribution is 7.99. The lowest BCUT2D eigenvalue weighted by atomic mass is 10.1. The number of nitrogens with zero attached hydrogens (tertiary/aromatic N) is 1. The first-order chi connectivity index (χ1) is 9.00. The van der Waals surface area contributed by atoms with Crippen molar-refractivity contribution in [1.82, 2.24) is 10.2 Å². The Labute approximate surface area is 119 Å². The van der Waals surface area contributed by atoms with Crippen LogP contribution in [0.5, 0.6) is 0 Å². The minimum Gasteiger partial charge on any atom is -0.481 e. The molecule has 0 saturated carbocycles. The Morgan fingerprint density at radius 2 is 2.00 bits per heavy atom. The van der Waals surface area contributed by atoms with Crippen LogP contribution in [0, 0.1) is 0 Å². The molecule has 0 spiro atoms. The van der Waals surface area contributed by atoms with E-state index in [0.29, 0.717) is 13.0 Å². The molecule has 5 nitrogen and oxygen atoms in total. The lowest BCUT2D eigenvalue weighted by molar-refractivity contribution is -0.137. The van der Waals surface area contributed by atoms with Crippen LogP contribution < -0.4 is 5.32 Å². The van der Waals surface area contributed by atoms with E-state index in [-0.39, 0.29) is 24.5 Å². The number of carboxylic acids is 1. The lowest BCUT2D eigenvalue weighted by Gasteiger charge is -2.30. The molecule has 6 heteroatoms. The first kappa shape index (κ1) is 16.1. The summed E-state index contributed by atoms with van der Waals surface area (Å²) in [4.78, 5) is 24.4. The van der Waals surface area contributed by atoms with Crippen molar-refractivity contribution in [3.63, 3.8) is 0 Å². The first-order valence-electron chi connectivity index (χ1n) is 6.87. The quantitative estimate of drug-likeness (QED) is 0.786. The largest absolute Gasteiger partial charge is 0.481 e. The van der Waals surface area contributed by atoms with Gasteiger partial charge in [-0.2, -0.15) is 11.8 Å². The summed E-state index contributed by atoms with van der Waals surface area (Å²) in [5.41, 5.74) is 0. The highest BCUT2D eigenvalue weighted by atomic mass is 32.2. The number of carbonyl (C=O) groups excluding carboxylic acids is 1. The summed E-state index contributed by atoms with van der Waals surface area (Å²) in [5.74, 6) is 1.39. The zero-order chi connectivity index (χ0) is 14.3. The van der Waals surface area contributed by atoms with Crippen LogP contribution in [0.1, 0.15) is 39.5 Å². The number of urea groups is 1. The standard InChI is InChI=1S/C13H24N2O3S/c1-10(2)15(7-3-4-12(16)17)13(18)14-11-5-8-19-9-6-11/h10-11H,3-9H2,1-2H3,(H,14,18)(H,16,17). The maximum Gasteiger partial charge on any atom is 0.317 e. The van der Waals surface area contributed by atoms with E-state index in [1.807, 2.05) is 25.6 Å². The molecule has 0 aliphatic carbocycles. The van der Waals surface area contributed by atoms with Gasteiger partial charge in [0.1, 0.15) is 0 Å². The van der Waals surface area contributed by atoms with Crippen LogP contribution in [-0.2, 0) is 4.79 Å². The Morgan fingerprint density at radius 3 is 2.53 bits per heavy atom. The number of nitrogens with one attached hydrogen (secondary N) is 1. The molecule has 0 aromatic carbocycles. The van der Waals surface area contributed by atoms with Crippen molar-refractivity contribution in [1.29, 1.82) is 0 Å². The SMILES string of the molecule is CC(C)N(CCCC(=O)O)C(=O)NC1CCSCC1. The van der Waals surface area contributed by atoms with Crippen molar-refractivity contribution in [2.24, 2.45) is 0 Å². The maximum atomic E-state index is 12.2. The summed E-state index contributed by atoms with van der Waals surface area (Å²) < 4.78 is 0. The van der Waals surface area contributed by atoms with Gasteiger partial charge in [-0.1, -0.05) is 0 Å². The van der Waals surface area contributed by atoms with E-state index >= 15 is 0 Å². The monoisotopic (exact) mass is 288 g/mol. The van der Waals surface area contributed by atoms with Crippen LogP contribution >= 0.6 is 11.8 Å². The predicted octanol–water partition coefficient (Wildman–Crippen LogP) is 2.17. The number of carboxylic acid groups (broad SMARTS) is 1. The molecule has 2 N–H and O–H groups in total. The van der Waals surface area contributed by atoms with Gasteiger partial charge < -0.3 is 15.3 Å². The van der Waals surface area contributed by atoms with E-state index in [1.165, 1.54) is 0 Å². The summed E-state index contributed by atoms with van der Waals surface area (Å²) in [5, 5.41) is 11.7. The van der Waals surface area contributed by atoms with Gasteiger partial charge in [0.2, 0.25) is 0 Å². The van der Waals surface area contributed by atoms with E-state index in [0.717, 1.165) is 24.3 Å². The molecule has 1 aliphatic heterocycles. The second kappa shape index (κ2) is 8.30. The van der Waals surface area contributed by atoms with Crippen molar-refractivity contribution in [2.45, 2.75) is 51.6 Å². The Kier molecular flexibility index (Phi) is 7.05. The Balaban J connectivity index is 2.40. The molecule has 0 aromatic rings. The molecule has 0 radical (unpaired) electrons. The van der Waals surface area contributed by atoms with Crippen LogP contribution in [0.4, 0.5) is 4.79 Å². The molecule has 1 saturated heterocycles. The molecule has 1 aliphatic rings. The van der Waals surface area contributed by atoms with Gasteiger partial charge in [0.15, 0.2) is 0 Å². The molecule has 110 valence electrons. The molecule has 2 amide bonds. The Bertz CT molecular complexity index is 304. The third-order valence-electron chi connectivity index (χ3n) is 3.22. The van der Waals surface area contributed by atoms with Crippen molar-refractivity contribution in [3.05, 3.63) is 0 Å². The van der Waals surface area contributed by atoms with Crippen molar-refractivity contribution in [3.8, 4) is 0 Å². The van der Waals surface area contributed by atoms with Crippen molar-refractivity contribution < 1.29 is 14.7 Å². The fraction of sp³-hybridized carbons (Fsp3) is 0.846. The second-order valence-corrected chi connectivity index (χ2v) is 6.35. The lowest BCUT2D eigenvalue weighted by Crippen LogP contribution is -2.49. The number of amides is 2. The summed E-state index contributed by atoms with van der Waals surface area (Å²) in [7, 11) is 0. The molecule has 0 aromatic heterocycles. The van der Waals surface area contributed by atoms with E-state index in [1.54, 1.807) is 4.90 Å². The highest BCUT2D eigenvalue weighted by Crippen LogP contribution is 2.17. The van der Waals surface area contributed by atoms with E-state index in [9.17, 15) is 9.59 Å².